The summed E-state index contributed by atoms with van der Waals surface area (Å²) in [6, 6.07) is -0.0719. The van der Waals surface area contributed by atoms with E-state index in [2.05, 4.69) is 33.3 Å². The fraction of sp³-hybridized carbons (Fsp3) is 0.636. The monoisotopic (exact) mass is 317 g/mol. The van der Waals surface area contributed by atoms with Gasteiger partial charge in [-0.1, -0.05) is 6.92 Å². The van der Waals surface area contributed by atoms with Crippen LogP contribution in [0.2, 0.25) is 0 Å². The minimum atomic E-state index is -0.0719. The van der Waals surface area contributed by atoms with Gasteiger partial charge in [0.2, 0.25) is 0 Å². The van der Waals surface area contributed by atoms with Gasteiger partial charge in [0.1, 0.15) is 5.69 Å². The topological polar surface area (TPSA) is 46.9 Å². The van der Waals surface area contributed by atoms with E-state index in [4.69, 9.17) is 0 Å². The van der Waals surface area contributed by atoms with Crippen LogP contribution in [0.25, 0.3) is 0 Å². The number of hydrogen-bond donors (Lipinski definition) is 1. The molecular formula is C11H16BrN3OS. The molecule has 0 amide bonds. The Balaban J connectivity index is 2.19. The van der Waals surface area contributed by atoms with Crippen molar-refractivity contribution in [2.45, 2.75) is 25.9 Å². The predicted octanol–water partition coefficient (Wildman–Crippen LogP) is 1.94. The lowest BCUT2D eigenvalue weighted by Gasteiger charge is -2.22. The normalized spacial score (nSPS) is 20.5. The highest BCUT2D eigenvalue weighted by atomic mass is 79.9. The Bertz CT molecular complexity index is 401. The summed E-state index contributed by atoms with van der Waals surface area (Å²) in [5.74, 6) is 2.08. The highest BCUT2D eigenvalue weighted by molar-refractivity contribution is 9.10. The first-order chi connectivity index (χ1) is 8.24. The second kappa shape index (κ2) is 6.02. The van der Waals surface area contributed by atoms with Crippen LogP contribution >= 0.6 is 27.7 Å². The van der Waals surface area contributed by atoms with Crippen LogP contribution in [0.3, 0.4) is 0 Å². The highest BCUT2D eigenvalue weighted by Crippen LogP contribution is 2.20. The van der Waals surface area contributed by atoms with Gasteiger partial charge in [0.15, 0.2) is 5.78 Å². The number of rotatable bonds is 4. The van der Waals surface area contributed by atoms with E-state index in [1.807, 2.05) is 11.8 Å². The number of halogens is 1. The van der Waals surface area contributed by atoms with Gasteiger partial charge in [0.05, 0.1) is 16.7 Å². The van der Waals surface area contributed by atoms with Gasteiger partial charge in [0, 0.05) is 24.6 Å². The number of Topliss-reactive ketones (excluding diaryl/α,β-unsaturated/α-hetero) is 1. The van der Waals surface area contributed by atoms with Gasteiger partial charge in [-0.2, -0.15) is 16.9 Å². The maximum Gasteiger partial charge on any atom is 0.199 e. The molecule has 0 spiro atoms. The number of ketones is 1. The molecule has 94 valence electrons. The standard InChI is InChI=1S/C11H16BrN3OS/c1-2-4-15-10(8(12)6-14-15)11(16)9-7-17-5-3-13-9/h6,9,13H,2-5,7H2,1H3. The van der Waals surface area contributed by atoms with Crippen LogP contribution in [0.4, 0.5) is 0 Å². The molecule has 4 nitrogen and oxygen atoms in total. The van der Waals surface area contributed by atoms with E-state index < -0.39 is 0 Å². The molecule has 1 aromatic heterocycles. The summed E-state index contributed by atoms with van der Waals surface area (Å²) in [7, 11) is 0. The molecule has 1 N–H and O–H groups in total. The minimum Gasteiger partial charge on any atom is -0.306 e. The van der Waals surface area contributed by atoms with Crippen molar-refractivity contribution in [2.75, 3.05) is 18.1 Å². The average Bonchev–Trinajstić information content (AvgIpc) is 2.71. The Morgan fingerprint density at radius 1 is 1.76 bits per heavy atom. The molecule has 0 aromatic carbocycles. The predicted molar refractivity (Wildman–Crippen MR) is 73.7 cm³/mol. The van der Waals surface area contributed by atoms with E-state index in [0.717, 1.165) is 35.5 Å². The third kappa shape index (κ3) is 2.92. The lowest BCUT2D eigenvalue weighted by atomic mass is 10.1. The first kappa shape index (κ1) is 13.1. The molecule has 2 heterocycles. The van der Waals surface area contributed by atoms with Gasteiger partial charge in [-0.25, -0.2) is 0 Å². The molecule has 0 aliphatic carbocycles. The number of nitrogens with zero attached hydrogens (tertiary/aromatic N) is 2. The maximum atomic E-state index is 12.4. The summed E-state index contributed by atoms with van der Waals surface area (Å²) >= 11 is 5.24. The summed E-state index contributed by atoms with van der Waals surface area (Å²) in [4.78, 5) is 12.4. The SMILES string of the molecule is CCCn1ncc(Br)c1C(=O)C1CSCCN1. The molecule has 1 aromatic rings. The van der Waals surface area contributed by atoms with Gasteiger partial charge in [-0.15, -0.1) is 0 Å². The Kier molecular flexibility index (Phi) is 4.64. The summed E-state index contributed by atoms with van der Waals surface area (Å²) in [6.07, 6.45) is 2.68. The number of aryl methyl sites for hydroxylation is 1. The van der Waals surface area contributed by atoms with E-state index in [9.17, 15) is 4.79 Å². The van der Waals surface area contributed by atoms with E-state index in [-0.39, 0.29) is 11.8 Å². The van der Waals surface area contributed by atoms with Crippen LogP contribution in [-0.4, -0.2) is 39.7 Å². The van der Waals surface area contributed by atoms with E-state index in [1.165, 1.54) is 0 Å². The molecule has 1 aliphatic heterocycles. The summed E-state index contributed by atoms with van der Waals surface area (Å²) < 4.78 is 2.60. The molecule has 1 atom stereocenters. The molecule has 17 heavy (non-hydrogen) atoms. The van der Waals surface area contributed by atoms with Gasteiger partial charge in [-0.05, 0) is 22.4 Å². The fourth-order valence-corrected chi connectivity index (χ4v) is 3.31. The lowest BCUT2D eigenvalue weighted by Crippen LogP contribution is -2.44. The second-order valence-electron chi connectivity index (χ2n) is 4.01. The van der Waals surface area contributed by atoms with Crippen molar-refractivity contribution in [2.24, 2.45) is 0 Å². The minimum absolute atomic E-state index is 0.0719. The lowest BCUT2D eigenvalue weighted by molar-refractivity contribution is 0.0941. The molecule has 2 rings (SSSR count). The Labute approximate surface area is 114 Å². The number of hydrogen-bond acceptors (Lipinski definition) is 4. The number of carbonyl (C=O) groups is 1. The number of carbonyl (C=O) groups excluding carboxylic acids is 1. The Morgan fingerprint density at radius 2 is 2.59 bits per heavy atom. The van der Waals surface area contributed by atoms with Crippen LogP contribution < -0.4 is 5.32 Å². The molecule has 1 saturated heterocycles. The highest BCUT2D eigenvalue weighted by Gasteiger charge is 2.26. The van der Waals surface area contributed by atoms with Crippen molar-refractivity contribution in [1.82, 2.24) is 15.1 Å². The maximum absolute atomic E-state index is 12.4. The molecule has 6 heteroatoms. The van der Waals surface area contributed by atoms with Crippen molar-refractivity contribution >= 4 is 33.5 Å². The van der Waals surface area contributed by atoms with Crippen LogP contribution in [0.15, 0.2) is 10.7 Å². The summed E-state index contributed by atoms with van der Waals surface area (Å²) in [6.45, 7) is 3.77. The van der Waals surface area contributed by atoms with Crippen molar-refractivity contribution in [1.29, 1.82) is 0 Å². The third-order valence-electron chi connectivity index (χ3n) is 2.70. The third-order valence-corrected chi connectivity index (χ3v) is 4.34. The molecule has 1 fully saturated rings. The molecular weight excluding hydrogens is 302 g/mol. The first-order valence-electron chi connectivity index (χ1n) is 5.80. The van der Waals surface area contributed by atoms with E-state index >= 15 is 0 Å². The largest absolute Gasteiger partial charge is 0.306 e. The van der Waals surface area contributed by atoms with E-state index in [0.29, 0.717) is 5.69 Å². The molecule has 0 saturated carbocycles. The first-order valence-corrected chi connectivity index (χ1v) is 7.75. The van der Waals surface area contributed by atoms with Crippen LogP contribution in [0.1, 0.15) is 23.8 Å². The Hall–Kier alpha value is -0.330. The van der Waals surface area contributed by atoms with E-state index in [1.54, 1.807) is 10.9 Å². The number of nitrogens with one attached hydrogen (secondary N) is 1. The van der Waals surface area contributed by atoms with Gasteiger partial charge in [0.25, 0.3) is 0 Å². The zero-order valence-corrected chi connectivity index (χ0v) is 12.2. The molecule has 0 radical (unpaired) electrons. The van der Waals surface area contributed by atoms with Crippen molar-refractivity contribution < 1.29 is 4.79 Å². The molecule has 0 bridgehead atoms. The summed E-state index contributed by atoms with van der Waals surface area (Å²) in [5.41, 5.74) is 0.701. The fourth-order valence-electron chi connectivity index (χ4n) is 1.89. The number of aromatic nitrogens is 2. The van der Waals surface area contributed by atoms with Gasteiger partial charge >= 0.3 is 0 Å². The number of thioether (sulfide) groups is 1. The van der Waals surface area contributed by atoms with Crippen LogP contribution in [0.5, 0.6) is 0 Å². The van der Waals surface area contributed by atoms with Gasteiger partial charge in [-0.3, -0.25) is 9.48 Å². The average molecular weight is 318 g/mol. The smallest absolute Gasteiger partial charge is 0.199 e. The second-order valence-corrected chi connectivity index (χ2v) is 6.01. The van der Waals surface area contributed by atoms with Gasteiger partial charge < -0.3 is 5.32 Å². The van der Waals surface area contributed by atoms with Crippen molar-refractivity contribution in [3.8, 4) is 0 Å². The Morgan fingerprint density at radius 3 is 3.24 bits per heavy atom. The molecule has 1 unspecified atom stereocenters. The quantitative estimate of drug-likeness (QED) is 0.862. The zero-order valence-electron chi connectivity index (χ0n) is 9.78. The van der Waals surface area contributed by atoms with Crippen molar-refractivity contribution in [3.05, 3.63) is 16.4 Å². The van der Waals surface area contributed by atoms with Crippen LogP contribution in [-0.2, 0) is 6.54 Å². The zero-order chi connectivity index (χ0) is 12.3. The van der Waals surface area contributed by atoms with Crippen molar-refractivity contribution in [3.63, 3.8) is 0 Å². The molecule has 1 aliphatic rings. The summed E-state index contributed by atoms with van der Waals surface area (Å²) in [5, 5.41) is 7.51. The van der Waals surface area contributed by atoms with Crippen LogP contribution in [0, 0.1) is 0 Å².